The van der Waals surface area contributed by atoms with Gasteiger partial charge in [0.25, 0.3) is 5.91 Å². The number of likely N-dealkylation sites (N-methyl/N-ethyl adjacent to an activating group) is 1. The van der Waals surface area contributed by atoms with Gasteiger partial charge in [-0.05, 0) is 36.7 Å². The molecule has 122 valence electrons. The Morgan fingerprint density at radius 2 is 2.21 bits per heavy atom. The lowest BCUT2D eigenvalue weighted by Gasteiger charge is -2.25. The quantitative estimate of drug-likeness (QED) is 0.785. The van der Waals surface area contributed by atoms with E-state index in [1.807, 2.05) is 18.3 Å². The van der Waals surface area contributed by atoms with Crippen LogP contribution in [0.3, 0.4) is 0 Å². The molecule has 0 unspecified atom stereocenters. The molecule has 1 aromatic carbocycles. The van der Waals surface area contributed by atoms with E-state index in [9.17, 15) is 4.79 Å². The molecule has 0 radical (unpaired) electrons. The summed E-state index contributed by atoms with van der Waals surface area (Å²) in [5, 5.41) is 2.94. The second-order valence-corrected chi connectivity index (χ2v) is 6.18. The summed E-state index contributed by atoms with van der Waals surface area (Å²) in [6.45, 7) is 3.57. The summed E-state index contributed by atoms with van der Waals surface area (Å²) in [6, 6.07) is 5.47. The number of anilines is 1. The molecule has 24 heavy (non-hydrogen) atoms. The van der Waals surface area contributed by atoms with Crippen LogP contribution in [0.2, 0.25) is 0 Å². The number of amides is 1. The van der Waals surface area contributed by atoms with Crippen LogP contribution in [0.1, 0.15) is 27.4 Å². The molecule has 0 spiro atoms. The average molecular weight is 322 g/mol. The minimum Gasteiger partial charge on any atom is -0.441 e. The van der Waals surface area contributed by atoms with Crippen molar-refractivity contribution in [1.29, 1.82) is 0 Å². The molecule has 0 atom stereocenters. The van der Waals surface area contributed by atoms with Gasteiger partial charge in [-0.3, -0.25) is 9.78 Å². The van der Waals surface area contributed by atoms with Gasteiger partial charge in [0, 0.05) is 44.2 Å². The monoisotopic (exact) mass is 322 g/mol. The summed E-state index contributed by atoms with van der Waals surface area (Å²) < 4.78 is 5.52. The molecule has 3 aromatic rings. The van der Waals surface area contributed by atoms with Crippen LogP contribution in [-0.2, 0) is 13.0 Å². The van der Waals surface area contributed by atoms with Crippen LogP contribution in [0.4, 0.5) is 5.69 Å². The second-order valence-electron chi connectivity index (χ2n) is 6.18. The Bertz CT molecular complexity index is 932. The number of benzene rings is 1. The Balaban J connectivity index is 1.63. The van der Waals surface area contributed by atoms with Crippen molar-refractivity contribution < 1.29 is 9.21 Å². The fourth-order valence-electron chi connectivity index (χ4n) is 3.15. The number of aryl methyl sites for hydroxylation is 1. The van der Waals surface area contributed by atoms with E-state index in [-0.39, 0.29) is 5.91 Å². The Morgan fingerprint density at radius 3 is 3.08 bits per heavy atom. The van der Waals surface area contributed by atoms with Crippen LogP contribution < -0.4 is 5.32 Å². The third-order valence-electron chi connectivity index (χ3n) is 4.33. The van der Waals surface area contributed by atoms with E-state index in [1.165, 1.54) is 0 Å². The molecule has 0 saturated heterocycles. The highest BCUT2D eigenvalue weighted by molar-refractivity contribution is 6.05. The molecule has 1 amide bonds. The molecule has 0 saturated carbocycles. The molecule has 0 fully saturated rings. The number of carbonyl (C=O) groups is 1. The third-order valence-corrected chi connectivity index (χ3v) is 4.33. The first-order valence-corrected chi connectivity index (χ1v) is 7.93. The largest absolute Gasteiger partial charge is 0.441 e. The normalized spacial score (nSPS) is 14.6. The van der Waals surface area contributed by atoms with Crippen LogP contribution >= 0.6 is 0 Å². The van der Waals surface area contributed by atoms with E-state index in [1.54, 1.807) is 19.2 Å². The topological polar surface area (TPSA) is 71.3 Å². The van der Waals surface area contributed by atoms with Gasteiger partial charge >= 0.3 is 0 Å². The minimum atomic E-state index is -0.139. The summed E-state index contributed by atoms with van der Waals surface area (Å²) in [7, 11) is 2.07. The average Bonchev–Trinajstić information content (AvgIpc) is 2.93. The number of fused-ring (bicyclic) bond motifs is 2. The van der Waals surface area contributed by atoms with Crippen molar-refractivity contribution in [3.05, 3.63) is 53.2 Å². The Morgan fingerprint density at radius 1 is 1.33 bits per heavy atom. The van der Waals surface area contributed by atoms with E-state index in [4.69, 9.17) is 4.42 Å². The van der Waals surface area contributed by atoms with Gasteiger partial charge < -0.3 is 14.6 Å². The lowest BCUT2D eigenvalue weighted by atomic mass is 9.97. The summed E-state index contributed by atoms with van der Waals surface area (Å²) in [5.74, 6) is 0.471. The smallest absolute Gasteiger partial charge is 0.257 e. The number of pyridine rings is 1. The number of hydrogen-bond donors (Lipinski definition) is 1. The van der Waals surface area contributed by atoms with E-state index in [2.05, 4.69) is 27.2 Å². The highest BCUT2D eigenvalue weighted by Crippen LogP contribution is 2.23. The highest BCUT2D eigenvalue weighted by atomic mass is 16.3. The molecule has 1 aliphatic rings. The van der Waals surface area contributed by atoms with E-state index in [0.29, 0.717) is 22.7 Å². The fraction of sp³-hybridized carbons (Fsp3) is 0.278. The van der Waals surface area contributed by atoms with Crippen LogP contribution in [0.15, 0.2) is 35.0 Å². The molecule has 0 aliphatic carbocycles. The standard InChI is InChI=1S/C18H18N4O2/c1-11-20-16-4-3-13(7-17(16)24-11)21-18(23)15-9-19-8-12-10-22(2)6-5-14(12)15/h3-4,7-9H,5-6,10H2,1-2H3,(H,21,23). The zero-order valence-electron chi connectivity index (χ0n) is 13.7. The molecule has 1 N–H and O–H groups in total. The molecule has 0 bridgehead atoms. The van der Waals surface area contributed by atoms with Crippen molar-refractivity contribution in [2.45, 2.75) is 19.9 Å². The van der Waals surface area contributed by atoms with E-state index < -0.39 is 0 Å². The molecular weight excluding hydrogens is 304 g/mol. The Labute approximate surface area is 139 Å². The molecule has 3 heterocycles. The van der Waals surface area contributed by atoms with Crippen LogP contribution in [0, 0.1) is 6.92 Å². The van der Waals surface area contributed by atoms with Crippen molar-refractivity contribution in [3.8, 4) is 0 Å². The molecular formula is C18H18N4O2. The lowest BCUT2D eigenvalue weighted by Crippen LogP contribution is -2.29. The number of hydrogen-bond acceptors (Lipinski definition) is 5. The molecule has 6 heteroatoms. The number of carbonyl (C=O) groups excluding carboxylic acids is 1. The van der Waals surface area contributed by atoms with Gasteiger partial charge in [-0.1, -0.05) is 0 Å². The summed E-state index contributed by atoms with van der Waals surface area (Å²) in [6.07, 6.45) is 4.36. The molecule has 4 rings (SSSR count). The predicted molar refractivity (Wildman–Crippen MR) is 91.0 cm³/mol. The second kappa shape index (κ2) is 5.72. The Kier molecular flexibility index (Phi) is 3.54. The first-order valence-electron chi connectivity index (χ1n) is 7.93. The summed E-state index contributed by atoms with van der Waals surface area (Å²) >= 11 is 0. The number of nitrogens with one attached hydrogen (secondary N) is 1. The van der Waals surface area contributed by atoms with Crippen molar-refractivity contribution in [2.24, 2.45) is 0 Å². The van der Waals surface area contributed by atoms with E-state index >= 15 is 0 Å². The summed E-state index contributed by atoms with van der Waals surface area (Å²) in [5.41, 5.74) is 5.01. The van der Waals surface area contributed by atoms with Crippen molar-refractivity contribution >= 4 is 22.7 Å². The highest BCUT2D eigenvalue weighted by Gasteiger charge is 2.20. The molecule has 2 aromatic heterocycles. The van der Waals surface area contributed by atoms with Crippen molar-refractivity contribution in [2.75, 3.05) is 18.9 Å². The van der Waals surface area contributed by atoms with Gasteiger partial charge in [0.1, 0.15) is 5.52 Å². The van der Waals surface area contributed by atoms with Crippen molar-refractivity contribution in [3.63, 3.8) is 0 Å². The predicted octanol–water partition coefficient (Wildman–Crippen LogP) is 2.77. The maximum absolute atomic E-state index is 12.7. The van der Waals surface area contributed by atoms with Crippen LogP contribution in [-0.4, -0.2) is 34.4 Å². The van der Waals surface area contributed by atoms with E-state index in [0.717, 1.165) is 36.2 Å². The SMILES string of the molecule is Cc1nc2ccc(NC(=O)c3cncc4c3CCN(C)C4)cc2o1. The minimum absolute atomic E-state index is 0.139. The van der Waals surface area contributed by atoms with Gasteiger partial charge in [0.2, 0.25) is 0 Å². The lowest BCUT2D eigenvalue weighted by molar-refractivity contribution is 0.102. The first kappa shape index (κ1) is 14.8. The Hall–Kier alpha value is -2.73. The fourth-order valence-corrected chi connectivity index (χ4v) is 3.15. The van der Waals surface area contributed by atoms with Gasteiger partial charge in [-0.2, -0.15) is 0 Å². The van der Waals surface area contributed by atoms with Gasteiger partial charge in [-0.15, -0.1) is 0 Å². The number of rotatable bonds is 2. The van der Waals surface area contributed by atoms with Gasteiger partial charge in [0.15, 0.2) is 11.5 Å². The molecule has 1 aliphatic heterocycles. The van der Waals surface area contributed by atoms with Gasteiger partial charge in [0.05, 0.1) is 5.56 Å². The van der Waals surface area contributed by atoms with Crippen LogP contribution in [0.25, 0.3) is 11.1 Å². The maximum Gasteiger partial charge on any atom is 0.257 e. The summed E-state index contributed by atoms with van der Waals surface area (Å²) in [4.78, 5) is 23.4. The third kappa shape index (κ3) is 2.65. The first-order chi connectivity index (χ1) is 11.6. The number of oxazole rings is 1. The number of aromatic nitrogens is 2. The number of nitrogens with zero attached hydrogens (tertiary/aromatic N) is 3. The van der Waals surface area contributed by atoms with Crippen molar-refractivity contribution in [1.82, 2.24) is 14.9 Å². The maximum atomic E-state index is 12.7. The van der Waals surface area contributed by atoms with Crippen LogP contribution in [0.5, 0.6) is 0 Å². The zero-order valence-corrected chi connectivity index (χ0v) is 13.7. The molecule has 6 nitrogen and oxygen atoms in total. The zero-order chi connectivity index (χ0) is 16.7. The van der Waals surface area contributed by atoms with Gasteiger partial charge in [-0.25, -0.2) is 4.98 Å².